The molecule has 2 aromatic rings. The van der Waals surface area contributed by atoms with Crippen LogP contribution in [-0.2, 0) is 6.54 Å². The maximum Gasteiger partial charge on any atom is 0.319 e. The molecular formula is C15H19ClN6O. The molecule has 2 amide bonds. The lowest BCUT2D eigenvalue weighted by Gasteiger charge is -2.22. The number of nitrogens with one attached hydrogen (secondary N) is 2. The Balaban J connectivity index is 1.57. The number of tetrazole rings is 1. The second-order valence-corrected chi connectivity index (χ2v) is 6.03. The Labute approximate surface area is 139 Å². The first-order valence-corrected chi connectivity index (χ1v) is 8.18. The van der Waals surface area contributed by atoms with E-state index in [9.17, 15) is 4.79 Å². The number of nitrogens with zero attached hydrogens (tertiary/aromatic N) is 4. The Morgan fingerprint density at radius 3 is 2.83 bits per heavy atom. The zero-order chi connectivity index (χ0) is 16.1. The highest BCUT2D eigenvalue weighted by molar-refractivity contribution is 6.33. The average Bonchev–Trinajstić information content (AvgIpc) is 3.04. The van der Waals surface area contributed by atoms with Crippen LogP contribution >= 0.6 is 11.6 Å². The van der Waals surface area contributed by atoms with Crippen LogP contribution in [-0.4, -0.2) is 26.2 Å². The highest BCUT2D eigenvalue weighted by Gasteiger charge is 2.20. The van der Waals surface area contributed by atoms with Crippen molar-refractivity contribution in [1.29, 1.82) is 0 Å². The molecule has 1 saturated carbocycles. The van der Waals surface area contributed by atoms with E-state index in [0.29, 0.717) is 22.6 Å². The molecule has 0 aliphatic heterocycles. The maximum absolute atomic E-state index is 12.0. The summed E-state index contributed by atoms with van der Waals surface area (Å²) in [5.41, 5.74) is 0.568. The molecule has 2 N–H and O–H groups in total. The molecule has 1 aliphatic carbocycles. The Bertz CT molecular complexity index is 667. The van der Waals surface area contributed by atoms with Gasteiger partial charge in [-0.2, -0.15) is 0 Å². The number of anilines is 1. The summed E-state index contributed by atoms with van der Waals surface area (Å²) >= 11 is 6.02. The molecule has 7 nitrogen and oxygen atoms in total. The number of amides is 2. The predicted molar refractivity (Wildman–Crippen MR) is 87.2 cm³/mol. The van der Waals surface area contributed by atoms with Gasteiger partial charge in [-0.1, -0.05) is 43.0 Å². The zero-order valence-corrected chi connectivity index (χ0v) is 13.5. The van der Waals surface area contributed by atoms with Gasteiger partial charge in [-0.3, -0.25) is 0 Å². The van der Waals surface area contributed by atoms with Gasteiger partial charge in [0.25, 0.3) is 0 Å². The zero-order valence-electron chi connectivity index (χ0n) is 12.7. The summed E-state index contributed by atoms with van der Waals surface area (Å²) in [6, 6.07) is 7.09. The summed E-state index contributed by atoms with van der Waals surface area (Å²) in [5, 5.41) is 17.8. The van der Waals surface area contributed by atoms with Crippen LogP contribution in [0.3, 0.4) is 0 Å². The molecule has 0 saturated heterocycles. The Kier molecular flexibility index (Phi) is 5.07. The van der Waals surface area contributed by atoms with Gasteiger partial charge in [-0.05, 0) is 35.4 Å². The smallest absolute Gasteiger partial charge is 0.319 e. The number of para-hydroxylation sites is 1. The molecule has 1 heterocycles. The number of hydrogen-bond acceptors (Lipinski definition) is 4. The summed E-state index contributed by atoms with van der Waals surface area (Å²) in [5.74, 6) is 0.672. The van der Waals surface area contributed by atoms with Crippen LogP contribution in [0.5, 0.6) is 0 Å². The number of carbonyl (C=O) groups is 1. The van der Waals surface area contributed by atoms with Crippen molar-refractivity contribution in [2.24, 2.45) is 0 Å². The van der Waals surface area contributed by atoms with Crippen molar-refractivity contribution in [2.45, 2.75) is 44.7 Å². The van der Waals surface area contributed by atoms with E-state index in [1.807, 2.05) is 16.8 Å². The lowest BCUT2D eigenvalue weighted by atomic mass is 9.96. The van der Waals surface area contributed by atoms with Crippen molar-refractivity contribution in [3.05, 3.63) is 35.1 Å². The van der Waals surface area contributed by atoms with Gasteiger partial charge >= 0.3 is 6.03 Å². The summed E-state index contributed by atoms with van der Waals surface area (Å²) in [7, 11) is 0. The monoisotopic (exact) mass is 334 g/mol. The van der Waals surface area contributed by atoms with Gasteiger partial charge in [0, 0.05) is 0 Å². The van der Waals surface area contributed by atoms with Crippen molar-refractivity contribution >= 4 is 23.3 Å². The van der Waals surface area contributed by atoms with E-state index in [1.165, 1.54) is 19.3 Å². The van der Waals surface area contributed by atoms with Crippen molar-refractivity contribution in [2.75, 3.05) is 5.32 Å². The minimum Gasteiger partial charge on any atom is -0.331 e. The molecule has 0 bridgehead atoms. The molecule has 0 radical (unpaired) electrons. The first kappa shape index (κ1) is 15.7. The van der Waals surface area contributed by atoms with E-state index in [2.05, 4.69) is 26.2 Å². The average molecular weight is 335 g/mol. The third-order valence-electron chi connectivity index (χ3n) is 4.01. The number of aromatic nitrogens is 4. The number of urea groups is 1. The van der Waals surface area contributed by atoms with Gasteiger partial charge in [0.05, 0.1) is 23.3 Å². The van der Waals surface area contributed by atoms with Crippen LogP contribution in [0.1, 0.15) is 44.0 Å². The third kappa shape index (κ3) is 3.98. The van der Waals surface area contributed by atoms with E-state index in [-0.39, 0.29) is 12.6 Å². The second kappa shape index (κ2) is 7.41. The van der Waals surface area contributed by atoms with Crippen LogP contribution in [0, 0.1) is 0 Å². The van der Waals surface area contributed by atoms with Gasteiger partial charge in [0.1, 0.15) is 0 Å². The van der Waals surface area contributed by atoms with Crippen molar-refractivity contribution in [3.63, 3.8) is 0 Å². The SMILES string of the molecule is O=C(NCc1nnnn1C1CCCCC1)Nc1ccccc1Cl. The van der Waals surface area contributed by atoms with Gasteiger partial charge in [-0.25, -0.2) is 9.48 Å². The third-order valence-corrected chi connectivity index (χ3v) is 4.34. The van der Waals surface area contributed by atoms with E-state index in [0.717, 1.165) is 12.8 Å². The molecule has 1 aromatic heterocycles. The molecule has 23 heavy (non-hydrogen) atoms. The van der Waals surface area contributed by atoms with E-state index >= 15 is 0 Å². The van der Waals surface area contributed by atoms with Crippen molar-refractivity contribution in [1.82, 2.24) is 25.5 Å². The lowest BCUT2D eigenvalue weighted by molar-refractivity contribution is 0.250. The van der Waals surface area contributed by atoms with Gasteiger partial charge in [0.2, 0.25) is 0 Å². The topological polar surface area (TPSA) is 84.7 Å². The lowest BCUT2D eigenvalue weighted by Crippen LogP contribution is -2.30. The molecule has 3 rings (SSSR count). The first-order valence-electron chi connectivity index (χ1n) is 7.80. The van der Waals surface area contributed by atoms with Crippen LogP contribution in [0.2, 0.25) is 5.02 Å². The Hall–Kier alpha value is -2.15. The molecule has 0 unspecified atom stereocenters. The number of hydrogen-bond donors (Lipinski definition) is 2. The number of rotatable bonds is 4. The highest BCUT2D eigenvalue weighted by Crippen LogP contribution is 2.27. The van der Waals surface area contributed by atoms with Crippen LogP contribution in [0.25, 0.3) is 0 Å². The molecule has 8 heteroatoms. The highest BCUT2D eigenvalue weighted by atomic mass is 35.5. The van der Waals surface area contributed by atoms with Crippen LogP contribution < -0.4 is 10.6 Å². The normalized spacial score (nSPS) is 15.3. The maximum atomic E-state index is 12.0. The van der Waals surface area contributed by atoms with Crippen LogP contribution in [0.4, 0.5) is 10.5 Å². The fraction of sp³-hybridized carbons (Fsp3) is 0.467. The minimum atomic E-state index is -0.337. The van der Waals surface area contributed by atoms with Gasteiger partial charge < -0.3 is 10.6 Å². The van der Waals surface area contributed by atoms with E-state index in [4.69, 9.17) is 11.6 Å². The van der Waals surface area contributed by atoms with Gasteiger partial charge in [0.15, 0.2) is 5.82 Å². The summed E-state index contributed by atoms with van der Waals surface area (Å²) in [4.78, 5) is 12.0. The number of carbonyl (C=O) groups excluding carboxylic acids is 1. The fourth-order valence-electron chi connectivity index (χ4n) is 2.83. The predicted octanol–water partition coefficient (Wildman–Crippen LogP) is 3.15. The molecule has 0 spiro atoms. The minimum absolute atomic E-state index is 0.278. The molecule has 0 atom stereocenters. The molecular weight excluding hydrogens is 316 g/mol. The second-order valence-electron chi connectivity index (χ2n) is 5.62. The quantitative estimate of drug-likeness (QED) is 0.899. The van der Waals surface area contributed by atoms with Gasteiger partial charge in [-0.15, -0.1) is 5.10 Å². The first-order chi connectivity index (χ1) is 11.2. The molecule has 1 aliphatic rings. The molecule has 1 fully saturated rings. The van der Waals surface area contributed by atoms with Crippen molar-refractivity contribution in [3.8, 4) is 0 Å². The Morgan fingerprint density at radius 1 is 1.26 bits per heavy atom. The summed E-state index contributed by atoms with van der Waals surface area (Å²) in [6.45, 7) is 0.278. The van der Waals surface area contributed by atoms with E-state index < -0.39 is 0 Å². The Morgan fingerprint density at radius 2 is 2.04 bits per heavy atom. The molecule has 122 valence electrons. The fourth-order valence-corrected chi connectivity index (χ4v) is 3.01. The van der Waals surface area contributed by atoms with Crippen LogP contribution in [0.15, 0.2) is 24.3 Å². The van der Waals surface area contributed by atoms with Crippen molar-refractivity contribution < 1.29 is 4.79 Å². The standard InChI is InChI=1S/C15H19ClN6O/c16-12-8-4-5-9-13(12)18-15(23)17-10-14-19-20-21-22(14)11-6-2-1-3-7-11/h4-5,8-9,11H,1-3,6-7,10H2,(H2,17,18,23). The summed E-state index contributed by atoms with van der Waals surface area (Å²) in [6.07, 6.45) is 5.84. The molecule has 1 aromatic carbocycles. The largest absolute Gasteiger partial charge is 0.331 e. The van der Waals surface area contributed by atoms with E-state index in [1.54, 1.807) is 12.1 Å². The number of halogens is 1. The summed E-state index contributed by atoms with van der Waals surface area (Å²) < 4.78 is 1.84. The number of benzene rings is 1.